The Bertz CT molecular complexity index is 659. The van der Waals surface area contributed by atoms with E-state index in [-0.39, 0.29) is 47.4 Å². The predicted octanol–water partition coefficient (Wildman–Crippen LogP) is -0.782. The van der Waals surface area contributed by atoms with Gasteiger partial charge in [0.25, 0.3) is 5.56 Å². The second-order valence-electron chi connectivity index (χ2n) is 5.08. The number of nitrogens with zero attached hydrogens (tertiary/aromatic N) is 1. The van der Waals surface area contributed by atoms with E-state index in [1.54, 1.807) is 0 Å². The second kappa shape index (κ2) is 9.71. The van der Waals surface area contributed by atoms with Crippen molar-refractivity contribution in [2.75, 3.05) is 19.4 Å². The van der Waals surface area contributed by atoms with Crippen LogP contribution in [0.3, 0.4) is 0 Å². The van der Waals surface area contributed by atoms with Crippen LogP contribution < -0.4 is 16.2 Å². The molecule has 0 aliphatic heterocycles. The molecule has 2 amide bonds. The van der Waals surface area contributed by atoms with Crippen molar-refractivity contribution in [1.82, 2.24) is 20.6 Å². The summed E-state index contributed by atoms with van der Waals surface area (Å²) in [6.07, 6.45) is -0.129. The predicted molar refractivity (Wildman–Crippen MR) is 87.6 cm³/mol. The molecular formula is C14H20N4O5S. The number of carbonyl (C=O) groups is 3. The highest BCUT2D eigenvalue weighted by Crippen LogP contribution is 2.11. The Balaban J connectivity index is 2.51. The Morgan fingerprint density at radius 1 is 1.33 bits per heavy atom. The second-order valence-corrected chi connectivity index (χ2v) is 6.05. The average molecular weight is 356 g/mol. The number of amides is 2. The van der Waals surface area contributed by atoms with Crippen LogP contribution >= 0.6 is 11.8 Å². The van der Waals surface area contributed by atoms with Crippen molar-refractivity contribution in [2.24, 2.45) is 0 Å². The molecule has 0 atom stereocenters. The quantitative estimate of drug-likeness (QED) is 0.316. The molecule has 3 N–H and O–H groups in total. The van der Waals surface area contributed by atoms with Crippen LogP contribution in [-0.2, 0) is 25.5 Å². The van der Waals surface area contributed by atoms with Gasteiger partial charge in [-0.1, -0.05) is 11.8 Å². The minimum Gasteiger partial charge on any atom is -0.469 e. The molecule has 0 saturated heterocycles. The van der Waals surface area contributed by atoms with E-state index in [0.29, 0.717) is 0 Å². The van der Waals surface area contributed by atoms with Gasteiger partial charge >= 0.3 is 5.97 Å². The summed E-state index contributed by atoms with van der Waals surface area (Å²) in [4.78, 5) is 52.4. The van der Waals surface area contributed by atoms with Gasteiger partial charge in [-0.2, -0.15) is 0 Å². The molecule has 0 aromatic carbocycles. The van der Waals surface area contributed by atoms with Gasteiger partial charge in [-0.3, -0.25) is 19.2 Å². The molecule has 0 unspecified atom stereocenters. The van der Waals surface area contributed by atoms with Crippen LogP contribution in [-0.4, -0.2) is 53.2 Å². The van der Waals surface area contributed by atoms with Gasteiger partial charge in [0.15, 0.2) is 5.16 Å². The summed E-state index contributed by atoms with van der Waals surface area (Å²) in [6, 6.07) is 1.19. The molecule has 1 heterocycles. The van der Waals surface area contributed by atoms with E-state index in [1.165, 1.54) is 13.2 Å². The summed E-state index contributed by atoms with van der Waals surface area (Å²) in [5, 5.41) is 5.32. The van der Waals surface area contributed by atoms with Gasteiger partial charge in [0, 0.05) is 12.1 Å². The van der Waals surface area contributed by atoms with Gasteiger partial charge in [-0.25, -0.2) is 4.98 Å². The molecular weight excluding hydrogens is 336 g/mol. The number of hydrogen-bond acceptors (Lipinski definition) is 7. The molecule has 1 aromatic rings. The number of carbonyl (C=O) groups excluding carboxylic acids is 3. The average Bonchev–Trinajstić information content (AvgIpc) is 2.49. The van der Waals surface area contributed by atoms with E-state index in [9.17, 15) is 19.2 Å². The Morgan fingerprint density at radius 2 is 2.04 bits per heavy atom. The van der Waals surface area contributed by atoms with Crippen molar-refractivity contribution in [3.8, 4) is 0 Å². The number of hydrogen-bond donors (Lipinski definition) is 3. The van der Waals surface area contributed by atoms with Gasteiger partial charge in [0.05, 0.1) is 31.5 Å². The molecule has 0 radical (unpaired) electrons. The molecule has 1 aromatic heterocycles. The lowest BCUT2D eigenvalue weighted by molar-refractivity contribution is -0.139. The first-order valence-electron chi connectivity index (χ1n) is 7.16. The maximum atomic E-state index is 11.7. The maximum Gasteiger partial charge on any atom is 0.311 e. The minimum absolute atomic E-state index is 0.00407. The zero-order valence-corrected chi connectivity index (χ0v) is 14.5. The number of H-pyrrole nitrogens is 1. The van der Waals surface area contributed by atoms with Gasteiger partial charge in [0.2, 0.25) is 11.8 Å². The monoisotopic (exact) mass is 356 g/mol. The fourth-order valence-electron chi connectivity index (χ4n) is 1.60. The minimum atomic E-state index is -0.516. The van der Waals surface area contributed by atoms with Crippen LogP contribution in [0.2, 0.25) is 0 Å². The third kappa shape index (κ3) is 7.77. The first kappa shape index (κ1) is 19.7. The SMILES string of the molecule is COC(=O)Cc1cc(=O)[nH]c(SCC(=O)NCC(=O)NC(C)C)n1. The smallest absolute Gasteiger partial charge is 0.311 e. The highest BCUT2D eigenvalue weighted by Gasteiger charge is 2.10. The molecule has 0 aliphatic carbocycles. The lowest BCUT2D eigenvalue weighted by Crippen LogP contribution is -2.40. The van der Waals surface area contributed by atoms with E-state index >= 15 is 0 Å². The zero-order chi connectivity index (χ0) is 18.1. The first-order valence-corrected chi connectivity index (χ1v) is 8.14. The Morgan fingerprint density at radius 3 is 2.67 bits per heavy atom. The van der Waals surface area contributed by atoms with Crippen LogP contribution in [0.1, 0.15) is 19.5 Å². The lowest BCUT2D eigenvalue weighted by Gasteiger charge is -2.09. The maximum absolute atomic E-state index is 11.7. The third-order valence-electron chi connectivity index (χ3n) is 2.56. The first-order chi connectivity index (χ1) is 11.3. The van der Waals surface area contributed by atoms with Gasteiger partial charge in [-0.05, 0) is 13.8 Å². The molecule has 0 bridgehead atoms. The Kier molecular flexibility index (Phi) is 7.96. The molecule has 0 aliphatic rings. The molecule has 132 valence electrons. The van der Waals surface area contributed by atoms with Gasteiger partial charge in [-0.15, -0.1) is 0 Å². The van der Waals surface area contributed by atoms with Crippen molar-refractivity contribution in [3.05, 3.63) is 22.1 Å². The van der Waals surface area contributed by atoms with Crippen LogP contribution in [0.5, 0.6) is 0 Å². The summed E-state index contributed by atoms with van der Waals surface area (Å²) in [7, 11) is 1.24. The Hall–Kier alpha value is -2.36. The van der Waals surface area contributed by atoms with Crippen LogP contribution in [0, 0.1) is 0 Å². The highest BCUT2D eigenvalue weighted by molar-refractivity contribution is 7.99. The summed E-state index contributed by atoms with van der Waals surface area (Å²) in [5.41, 5.74) is -0.173. The molecule has 0 saturated carbocycles. The summed E-state index contributed by atoms with van der Waals surface area (Å²) in [5.74, 6) is -1.20. The summed E-state index contributed by atoms with van der Waals surface area (Å²) in [6.45, 7) is 3.52. The van der Waals surface area contributed by atoms with Crippen molar-refractivity contribution < 1.29 is 19.1 Å². The fourth-order valence-corrected chi connectivity index (χ4v) is 2.32. The van der Waals surface area contributed by atoms with E-state index in [2.05, 4.69) is 25.3 Å². The van der Waals surface area contributed by atoms with Crippen LogP contribution in [0.25, 0.3) is 0 Å². The molecule has 0 fully saturated rings. The number of methoxy groups -OCH3 is 1. The summed E-state index contributed by atoms with van der Waals surface area (Å²) >= 11 is 0.995. The number of thioether (sulfide) groups is 1. The van der Waals surface area contributed by atoms with E-state index in [4.69, 9.17) is 0 Å². The number of aromatic nitrogens is 2. The molecule has 0 spiro atoms. The largest absolute Gasteiger partial charge is 0.469 e. The molecule has 1 rings (SSSR count). The van der Waals surface area contributed by atoms with Gasteiger partial charge in [0.1, 0.15) is 0 Å². The van der Waals surface area contributed by atoms with Crippen molar-refractivity contribution in [1.29, 1.82) is 0 Å². The van der Waals surface area contributed by atoms with Crippen molar-refractivity contribution in [2.45, 2.75) is 31.5 Å². The molecule has 9 nitrogen and oxygen atoms in total. The topological polar surface area (TPSA) is 130 Å². The van der Waals surface area contributed by atoms with Gasteiger partial charge < -0.3 is 20.4 Å². The van der Waals surface area contributed by atoms with Crippen molar-refractivity contribution in [3.63, 3.8) is 0 Å². The molecule has 10 heteroatoms. The highest BCUT2D eigenvalue weighted by atomic mass is 32.2. The number of esters is 1. The van der Waals surface area contributed by atoms with E-state index in [0.717, 1.165) is 11.8 Å². The third-order valence-corrected chi connectivity index (χ3v) is 3.44. The zero-order valence-electron chi connectivity index (χ0n) is 13.7. The van der Waals surface area contributed by atoms with Crippen LogP contribution in [0.4, 0.5) is 0 Å². The standard InChI is InChI=1S/C14H20N4O5S/c1-8(2)16-11(20)6-15-12(21)7-24-14-17-9(4-10(19)18-14)5-13(22)23-3/h4,8H,5-7H2,1-3H3,(H,15,21)(H,16,20)(H,17,18,19). The number of ether oxygens (including phenoxy) is 1. The Labute approximate surface area is 143 Å². The number of aromatic amines is 1. The summed E-state index contributed by atoms with van der Waals surface area (Å²) < 4.78 is 4.51. The number of nitrogens with one attached hydrogen (secondary N) is 3. The fraction of sp³-hybridized carbons (Fsp3) is 0.500. The number of rotatable bonds is 8. The van der Waals surface area contributed by atoms with Crippen LogP contribution in [0.15, 0.2) is 16.0 Å². The van der Waals surface area contributed by atoms with E-state index in [1.807, 2.05) is 13.8 Å². The normalized spacial score (nSPS) is 10.3. The molecule has 24 heavy (non-hydrogen) atoms. The van der Waals surface area contributed by atoms with E-state index < -0.39 is 11.5 Å². The van der Waals surface area contributed by atoms with Crippen molar-refractivity contribution >= 4 is 29.5 Å². The lowest BCUT2D eigenvalue weighted by atomic mass is 10.3.